The van der Waals surface area contributed by atoms with Gasteiger partial charge in [0.05, 0.1) is 5.92 Å². The van der Waals surface area contributed by atoms with Gasteiger partial charge in [-0.25, -0.2) is 0 Å². The van der Waals surface area contributed by atoms with Gasteiger partial charge in [0.25, 0.3) is 0 Å². The molecule has 178 valence electrons. The highest BCUT2D eigenvalue weighted by molar-refractivity contribution is 5.79. The van der Waals surface area contributed by atoms with E-state index in [4.69, 9.17) is 5.73 Å². The number of rotatable bonds is 7. The second-order valence-corrected chi connectivity index (χ2v) is 8.96. The molecule has 2 atom stereocenters. The quantitative estimate of drug-likeness (QED) is 0.583. The van der Waals surface area contributed by atoms with Gasteiger partial charge in [-0.1, -0.05) is 25.0 Å². The zero-order valence-electron chi connectivity index (χ0n) is 18.1. The van der Waals surface area contributed by atoms with Crippen LogP contribution in [0, 0.1) is 11.8 Å². The molecule has 9 heteroatoms. The lowest BCUT2D eigenvalue weighted by Gasteiger charge is -2.32. The van der Waals surface area contributed by atoms with Crippen molar-refractivity contribution in [3.8, 4) is 5.75 Å². The summed E-state index contributed by atoms with van der Waals surface area (Å²) in [4.78, 5) is 24.8. The Hall–Kier alpha value is -2.29. The van der Waals surface area contributed by atoms with Crippen LogP contribution < -0.4 is 21.1 Å². The molecule has 0 aliphatic heterocycles. The summed E-state index contributed by atoms with van der Waals surface area (Å²) in [6, 6.07) is 5.66. The van der Waals surface area contributed by atoms with Crippen LogP contribution in [-0.4, -0.2) is 30.3 Å². The number of ether oxygens (including phenoxy) is 1. The van der Waals surface area contributed by atoms with Crippen LogP contribution in [0.1, 0.15) is 63.4 Å². The Labute approximate surface area is 186 Å². The Morgan fingerprint density at radius 1 is 1.06 bits per heavy atom. The molecule has 32 heavy (non-hydrogen) atoms. The molecule has 0 saturated heterocycles. The minimum absolute atomic E-state index is 0.0514. The smallest absolute Gasteiger partial charge is 0.406 e. The van der Waals surface area contributed by atoms with E-state index in [1.54, 1.807) is 6.07 Å². The summed E-state index contributed by atoms with van der Waals surface area (Å²) >= 11 is 0. The van der Waals surface area contributed by atoms with Crippen molar-refractivity contribution in [2.45, 2.75) is 82.8 Å². The number of halogens is 3. The molecule has 1 aromatic carbocycles. The van der Waals surface area contributed by atoms with E-state index in [0.29, 0.717) is 12.0 Å². The van der Waals surface area contributed by atoms with Crippen molar-refractivity contribution in [1.29, 1.82) is 0 Å². The molecule has 2 saturated carbocycles. The number of hydrogen-bond acceptors (Lipinski definition) is 4. The van der Waals surface area contributed by atoms with Crippen molar-refractivity contribution in [2.75, 3.05) is 0 Å². The monoisotopic (exact) mass is 455 g/mol. The summed E-state index contributed by atoms with van der Waals surface area (Å²) in [6.07, 6.45) is 2.89. The number of carbonyl (C=O) groups is 2. The molecule has 2 aliphatic carbocycles. The molecule has 3 rings (SSSR count). The first-order valence-corrected chi connectivity index (χ1v) is 11.4. The molecule has 6 nitrogen and oxygen atoms in total. The number of nitrogens with two attached hydrogens (primary N) is 1. The second kappa shape index (κ2) is 11.0. The molecular weight excluding hydrogens is 423 g/mol. The largest absolute Gasteiger partial charge is 0.573 e. The third kappa shape index (κ3) is 7.69. The summed E-state index contributed by atoms with van der Waals surface area (Å²) < 4.78 is 40.9. The van der Waals surface area contributed by atoms with E-state index >= 15 is 0 Å². The minimum Gasteiger partial charge on any atom is -0.406 e. The van der Waals surface area contributed by atoms with Crippen molar-refractivity contribution in [1.82, 2.24) is 10.6 Å². The first-order chi connectivity index (χ1) is 15.2. The minimum atomic E-state index is -4.75. The molecule has 2 fully saturated rings. The Kier molecular flexibility index (Phi) is 8.39. The molecule has 2 amide bonds. The van der Waals surface area contributed by atoms with Gasteiger partial charge < -0.3 is 21.1 Å². The van der Waals surface area contributed by atoms with E-state index in [1.165, 1.54) is 18.2 Å². The van der Waals surface area contributed by atoms with Gasteiger partial charge >= 0.3 is 6.36 Å². The van der Waals surface area contributed by atoms with Crippen molar-refractivity contribution in [2.24, 2.45) is 17.6 Å². The number of hydrogen-bond donors (Lipinski definition) is 3. The summed E-state index contributed by atoms with van der Waals surface area (Å²) in [6.45, 7) is 0.140. The molecule has 0 radical (unpaired) electrons. The highest BCUT2D eigenvalue weighted by Gasteiger charge is 2.32. The third-order valence-corrected chi connectivity index (χ3v) is 6.45. The predicted octanol–water partition coefficient (Wildman–Crippen LogP) is 3.78. The van der Waals surface area contributed by atoms with Crippen molar-refractivity contribution >= 4 is 11.8 Å². The van der Waals surface area contributed by atoms with Crippen molar-refractivity contribution in [3.63, 3.8) is 0 Å². The maximum absolute atomic E-state index is 12.5. The second-order valence-electron chi connectivity index (χ2n) is 8.96. The molecule has 0 spiro atoms. The molecule has 0 heterocycles. The lowest BCUT2D eigenvalue weighted by Crippen LogP contribution is -2.47. The van der Waals surface area contributed by atoms with Crippen LogP contribution in [0.2, 0.25) is 0 Å². The maximum Gasteiger partial charge on any atom is 0.573 e. The number of carbonyl (C=O) groups excluding carboxylic acids is 2. The van der Waals surface area contributed by atoms with Gasteiger partial charge in [-0.3, -0.25) is 9.59 Å². The van der Waals surface area contributed by atoms with Crippen LogP contribution in [0.25, 0.3) is 0 Å². The molecule has 0 unspecified atom stereocenters. The predicted molar refractivity (Wildman–Crippen MR) is 113 cm³/mol. The molecule has 4 N–H and O–H groups in total. The molecule has 1 aromatic rings. The fraction of sp³-hybridized carbons (Fsp3) is 0.652. The number of alkyl halides is 3. The van der Waals surface area contributed by atoms with E-state index in [9.17, 15) is 22.8 Å². The van der Waals surface area contributed by atoms with Crippen LogP contribution in [-0.2, 0) is 16.1 Å². The normalized spacial score (nSPS) is 26.2. The van der Waals surface area contributed by atoms with E-state index in [0.717, 1.165) is 51.4 Å². The first-order valence-electron chi connectivity index (χ1n) is 11.4. The zero-order valence-corrected chi connectivity index (χ0v) is 18.1. The van der Waals surface area contributed by atoms with Gasteiger partial charge in [0, 0.05) is 25.0 Å². The lowest BCUT2D eigenvalue weighted by atomic mass is 9.82. The van der Waals surface area contributed by atoms with Gasteiger partial charge in [-0.05, 0) is 62.1 Å². The van der Waals surface area contributed by atoms with Crippen LogP contribution in [0.3, 0.4) is 0 Å². The number of amides is 2. The van der Waals surface area contributed by atoms with E-state index in [-0.39, 0.29) is 48.0 Å². The van der Waals surface area contributed by atoms with Crippen LogP contribution in [0.15, 0.2) is 24.3 Å². The van der Waals surface area contributed by atoms with E-state index in [2.05, 4.69) is 15.4 Å². The molecular formula is C23H32F3N3O3. The standard InChI is InChI=1S/C23H32F3N3O3/c24-23(25,26)32-18-5-3-4-16(12-18)14-28-21(30)13-15-8-10-17(11-9-15)29-22(31)19-6-1-2-7-20(19)27/h3-5,12,15,17,19-20H,1-2,6-11,13-14,27H2,(H,28,30)(H,29,31)/t15?,17?,19-,20-/m1/s1. The summed E-state index contributed by atoms with van der Waals surface area (Å²) in [7, 11) is 0. The van der Waals surface area contributed by atoms with Crippen LogP contribution >= 0.6 is 0 Å². The maximum atomic E-state index is 12.5. The van der Waals surface area contributed by atoms with Gasteiger partial charge in [0.15, 0.2) is 0 Å². The van der Waals surface area contributed by atoms with Crippen molar-refractivity contribution in [3.05, 3.63) is 29.8 Å². The SMILES string of the molecule is N[C@@H]1CCCC[C@H]1C(=O)NC1CCC(CC(=O)NCc2cccc(OC(F)(F)F)c2)CC1. The first kappa shape index (κ1) is 24.4. The van der Waals surface area contributed by atoms with Crippen LogP contribution in [0.5, 0.6) is 5.75 Å². The third-order valence-electron chi connectivity index (χ3n) is 6.45. The Bertz CT molecular complexity index is 779. The average molecular weight is 456 g/mol. The molecule has 0 aromatic heterocycles. The summed E-state index contributed by atoms with van der Waals surface area (Å²) in [5.41, 5.74) is 6.64. The summed E-state index contributed by atoms with van der Waals surface area (Å²) in [5.74, 6) is -0.228. The fourth-order valence-electron chi connectivity index (χ4n) is 4.69. The summed E-state index contributed by atoms with van der Waals surface area (Å²) in [5, 5.41) is 5.92. The topological polar surface area (TPSA) is 93.5 Å². The van der Waals surface area contributed by atoms with Gasteiger partial charge in [0.1, 0.15) is 5.75 Å². The number of benzene rings is 1. The fourth-order valence-corrected chi connectivity index (χ4v) is 4.69. The molecule has 0 bridgehead atoms. The Balaban J connectivity index is 1.36. The van der Waals surface area contributed by atoms with Crippen molar-refractivity contribution < 1.29 is 27.5 Å². The highest BCUT2D eigenvalue weighted by atomic mass is 19.4. The van der Waals surface area contributed by atoms with E-state index in [1.807, 2.05) is 0 Å². The lowest BCUT2D eigenvalue weighted by molar-refractivity contribution is -0.274. The molecule has 2 aliphatic rings. The highest BCUT2D eigenvalue weighted by Crippen LogP contribution is 2.29. The van der Waals surface area contributed by atoms with Crippen LogP contribution in [0.4, 0.5) is 13.2 Å². The Morgan fingerprint density at radius 2 is 1.78 bits per heavy atom. The van der Waals surface area contributed by atoms with Gasteiger partial charge in [0.2, 0.25) is 11.8 Å². The van der Waals surface area contributed by atoms with Gasteiger partial charge in [-0.2, -0.15) is 0 Å². The van der Waals surface area contributed by atoms with E-state index < -0.39 is 6.36 Å². The number of nitrogens with one attached hydrogen (secondary N) is 2. The van der Waals surface area contributed by atoms with Gasteiger partial charge in [-0.15, -0.1) is 13.2 Å². The Morgan fingerprint density at radius 3 is 2.47 bits per heavy atom. The average Bonchev–Trinajstić information content (AvgIpc) is 2.73. The zero-order chi connectivity index (χ0) is 23.1.